The molecule has 0 radical (unpaired) electrons. The highest BCUT2D eigenvalue weighted by Gasteiger charge is 2.23. The summed E-state index contributed by atoms with van der Waals surface area (Å²) in [6, 6.07) is 0. The minimum Gasteiger partial charge on any atom is -0.466 e. The third-order valence-electron chi connectivity index (χ3n) is 3.25. The van der Waals surface area contributed by atoms with E-state index in [4.69, 9.17) is 4.74 Å². The van der Waals surface area contributed by atoms with Gasteiger partial charge in [-0.05, 0) is 20.8 Å². The molecule has 0 fully saturated rings. The van der Waals surface area contributed by atoms with Crippen LogP contribution in [-0.4, -0.2) is 38.2 Å². The van der Waals surface area contributed by atoms with Crippen LogP contribution in [0.2, 0.25) is 0 Å². The standard InChI is InChI=1S/C14H17N5O5S/c1-4-24-12(21)5-10-7-25-14(15-10)16-11(20)6-18-9(3)13(19(22)23)8(2)17-18/h7H,4-6H2,1-3H3,(H,15,16,20). The van der Waals surface area contributed by atoms with Gasteiger partial charge in [0.1, 0.15) is 17.9 Å². The van der Waals surface area contributed by atoms with Crippen molar-refractivity contribution in [1.29, 1.82) is 0 Å². The van der Waals surface area contributed by atoms with E-state index in [0.717, 1.165) is 0 Å². The second-order valence-electron chi connectivity index (χ2n) is 5.11. The van der Waals surface area contributed by atoms with Gasteiger partial charge in [-0.25, -0.2) is 4.98 Å². The fourth-order valence-corrected chi connectivity index (χ4v) is 2.93. The first-order valence-corrected chi connectivity index (χ1v) is 8.28. The first-order chi connectivity index (χ1) is 11.8. The van der Waals surface area contributed by atoms with Crippen LogP contribution in [0.5, 0.6) is 0 Å². The highest BCUT2D eigenvalue weighted by atomic mass is 32.1. The molecule has 2 aromatic rings. The third kappa shape index (κ3) is 4.59. The Kier molecular flexibility index (Phi) is 5.80. The first kappa shape index (κ1) is 18.5. The fourth-order valence-electron chi connectivity index (χ4n) is 2.21. The summed E-state index contributed by atoms with van der Waals surface area (Å²) in [6.07, 6.45) is 0.0316. The van der Waals surface area contributed by atoms with Crippen LogP contribution >= 0.6 is 11.3 Å². The van der Waals surface area contributed by atoms with Gasteiger partial charge >= 0.3 is 11.7 Å². The summed E-state index contributed by atoms with van der Waals surface area (Å²) in [5, 5.41) is 19.6. The third-order valence-corrected chi connectivity index (χ3v) is 4.05. The number of nitro groups is 1. The largest absolute Gasteiger partial charge is 0.466 e. The van der Waals surface area contributed by atoms with E-state index in [1.165, 1.54) is 29.9 Å². The predicted octanol–water partition coefficient (Wildman–Crippen LogP) is 1.61. The van der Waals surface area contributed by atoms with Crippen molar-refractivity contribution in [1.82, 2.24) is 14.8 Å². The van der Waals surface area contributed by atoms with Crippen molar-refractivity contribution in [3.05, 3.63) is 32.6 Å². The smallest absolute Gasteiger partial charge is 0.312 e. The quantitative estimate of drug-likeness (QED) is 0.447. The minimum absolute atomic E-state index is 0.0316. The highest BCUT2D eigenvalue weighted by molar-refractivity contribution is 7.13. The van der Waals surface area contributed by atoms with Crippen LogP contribution in [0.25, 0.3) is 0 Å². The number of anilines is 1. The molecule has 2 aromatic heterocycles. The van der Waals surface area contributed by atoms with Crippen molar-refractivity contribution >= 4 is 34.0 Å². The number of carbonyl (C=O) groups is 2. The molecule has 0 saturated carbocycles. The van der Waals surface area contributed by atoms with Crippen molar-refractivity contribution in [2.24, 2.45) is 0 Å². The van der Waals surface area contributed by atoms with Crippen LogP contribution in [0.3, 0.4) is 0 Å². The van der Waals surface area contributed by atoms with Crippen LogP contribution in [-0.2, 0) is 27.3 Å². The van der Waals surface area contributed by atoms with Crippen LogP contribution in [0.1, 0.15) is 24.0 Å². The number of thiazole rings is 1. The number of nitrogens with one attached hydrogen (secondary N) is 1. The summed E-state index contributed by atoms with van der Waals surface area (Å²) in [4.78, 5) is 38.1. The van der Waals surface area contributed by atoms with Gasteiger partial charge in [0, 0.05) is 5.38 Å². The summed E-state index contributed by atoms with van der Waals surface area (Å²) in [5.41, 5.74) is 0.959. The molecule has 25 heavy (non-hydrogen) atoms. The van der Waals surface area contributed by atoms with E-state index in [1.54, 1.807) is 12.3 Å². The second kappa shape index (κ2) is 7.83. The van der Waals surface area contributed by atoms with Gasteiger partial charge in [-0.15, -0.1) is 11.3 Å². The molecule has 0 unspecified atom stereocenters. The number of ether oxygens (including phenoxy) is 1. The Labute approximate surface area is 147 Å². The van der Waals surface area contributed by atoms with Crippen molar-refractivity contribution < 1.29 is 19.2 Å². The van der Waals surface area contributed by atoms with Crippen molar-refractivity contribution in [3.8, 4) is 0 Å². The maximum absolute atomic E-state index is 12.1. The molecule has 10 nitrogen and oxygen atoms in total. The maximum atomic E-state index is 12.1. The zero-order valence-electron chi connectivity index (χ0n) is 13.9. The van der Waals surface area contributed by atoms with Gasteiger partial charge < -0.3 is 10.1 Å². The Bertz CT molecular complexity index is 813. The van der Waals surface area contributed by atoms with E-state index < -0.39 is 10.8 Å². The lowest BCUT2D eigenvalue weighted by molar-refractivity contribution is -0.386. The topological polar surface area (TPSA) is 129 Å². The van der Waals surface area contributed by atoms with Gasteiger partial charge in [0.15, 0.2) is 5.13 Å². The molecule has 0 bridgehead atoms. The summed E-state index contributed by atoms with van der Waals surface area (Å²) in [7, 11) is 0. The summed E-state index contributed by atoms with van der Waals surface area (Å²) < 4.78 is 6.11. The normalized spacial score (nSPS) is 10.5. The highest BCUT2D eigenvalue weighted by Crippen LogP contribution is 2.22. The fraction of sp³-hybridized carbons (Fsp3) is 0.429. The Morgan fingerprint density at radius 2 is 2.16 bits per heavy atom. The van der Waals surface area contributed by atoms with Gasteiger partial charge in [0.2, 0.25) is 5.91 Å². The molecule has 2 rings (SSSR count). The lowest BCUT2D eigenvalue weighted by atomic mass is 10.3. The van der Waals surface area contributed by atoms with Crippen LogP contribution in [0.15, 0.2) is 5.38 Å². The molecule has 0 spiro atoms. The van der Waals surface area contributed by atoms with Gasteiger partial charge in [-0.2, -0.15) is 5.10 Å². The molecule has 0 aliphatic rings. The van der Waals surface area contributed by atoms with Gasteiger partial charge in [-0.1, -0.05) is 0 Å². The number of rotatable bonds is 7. The van der Waals surface area contributed by atoms with Crippen LogP contribution in [0.4, 0.5) is 10.8 Å². The van der Waals surface area contributed by atoms with Crippen molar-refractivity contribution in [2.45, 2.75) is 33.7 Å². The average Bonchev–Trinajstić information content (AvgIpc) is 3.03. The number of aromatic nitrogens is 3. The van der Waals surface area contributed by atoms with E-state index in [0.29, 0.717) is 23.1 Å². The lowest BCUT2D eigenvalue weighted by Gasteiger charge is -2.03. The number of hydrogen-bond donors (Lipinski definition) is 1. The van der Waals surface area contributed by atoms with Gasteiger partial charge in [-0.3, -0.25) is 24.4 Å². The average molecular weight is 367 g/mol. The number of hydrogen-bond acceptors (Lipinski definition) is 8. The van der Waals surface area contributed by atoms with E-state index in [2.05, 4.69) is 15.4 Å². The molecule has 1 N–H and O–H groups in total. The first-order valence-electron chi connectivity index (χ1n) is 7.40. The van der Waals surface area contributed by atoms with Gasteiger partial charge in [0.25, 0.3) is 0 Å². The van der Waals surface area contributed by atoms with Crippen molar-refractivity contribution in [2.75, 3.05) is 11.9 Å². The molecule has 134 valence electrons. The molecular formula is C14H17N5O5S. The number of aryl methyl sites for hydroxylation is 1. The molecule has 11 heteroatoms. The lowest BCUT2D eigenvalue weighted by Crippen LogP contribution is -2.20. The summed E-state index contributed by atoms with van der Waals surface area (Å²) in [6.45, 7) is 4.89. The number of amides is 1. The van der Waals surface area contributed by atoms with Crippen LogP contribution in [0, 0.1) is 24.0 Å². The molecule has 0 aromatic carbocycles. The number of nitrogens with zero attached hydrogens (tertiary/aromatic N) is 4. The zero-order valence-corrected chi connectivity index (χ0v) is 14.8. The van der Waals surface area contributed by atoms with Crippen LogP contribution < -0.4 is 5.32 Å². The number of esters is 1. The Morgan fingerprint density at radius 3 is 2.76 bits per heavy atom. The Balaban J connectivity index is 1.99. The number of carbonyl (C=O) groups excluding carboxylic acids is 2. The molecular weight excluding hydrogens is 350 g/mol. The SMILES string of the molecule is CCOC(=O)Cc1csc(NC(=O)Cn2nc(C)c([N+](=O)[O-])c2C)n1. The van der Waals surface area contributed by atoms with E-state index >= 15 is 0 Å². The molecule has 0 aliphatic heterocycles. The zero-order chi connectivity index (χ0) is 18.6. The maximum Gasteiger partial charge on any atom is 0.312 e. The molecule has 0 aliphatic carbocycles. The van der Waals surface area contributed by atoms with E-state index in [1.807, 2.05) is 0 Å². The molecule has 0 saturated heterocycles. The molecule has 1 amide bonds. The predicted molar refractivity (Wildman–Crippen MR) is 89.4 cm³/mol. The summed E-state index contributed by atoms with van der Waals surface area (Å²) >= 11 is 1.18. The molecule has 0 atom stereocenters. The van der Waals surface area contributed by atoms with E-state index in [9.17, 15) is 19.7 Å². The molecule has 2 heterocycles. The minimum atomic E-state index is -0.519. The monoisotopic (exact) mass is 367 g/mol. The summed E-state index contributed by atoms with van der Waals surface area (Å²) in [5.74, 6) is -0.807. The van der Waals surface area contributed by atoms with E-state index in [-0.39, 0.29) is 30.3 Å². The Hall–Kier alpha value is -2.82. The van der Waals surface area contributed by atoms with Crippen molar-refractivity contribution in [3.63, 3.8) is 0 Å². The van der Waals surface area contributed by atoms with Gasteiger partial charge in [0.05, 0.1) is 23.6 Å². The second-order valence-corrected chi connectivity index (χ2v) is 5.97. The Morgan fingerprint density at radius 1 is 1.44 bits per heavy atom.